The molecule has 0 aliphatic carbocycles. The van der Waals surface area contributed by atoms with Gasteiger partial charge in [-0.05, 0) is 175 Å². The number of ether oxygens (including phenoxy) is 1. The summed E-state index contributed by atoms with van der Waals surface area (Å²) >= 11 is 0. The lowest BCUT2D eigenvalue weighted by atomic mass is 10.1. The summed E-state index contributed by atoms with van der Waals surface area (Å²) in [6.45, 7) is 31.6. The van der Waals surface area contributed by atoms with E-state index in [0.717, 1.165) is 217 Å². The number of fused-ring (bicyclic) bond motifs is 4. The Morgan fingerprint density at radius 1 is 0.345 bits per heavy atom. The molecule has 0 atom stereocenters. The summed E-state index contributed by atoms with van der Waals surface area (Å²) in [7, 11) is 2.17. The fourth-order valence-electron chi connectivity index (χ4n) is 16.6. The van der Waals surface area contributed by atoms with Crippen molar-refractivity contribution in [2.45, 2.75) is 183 Å². The van der Waals surface area contributed by atoms with Gasteiger partial charge in [0.2, 0.25) is 53.3 Å². The molecule has 4 saturated heterocycles. The van der Waals surface area contributed by atoms with Crippen molar-refractivity contribution in [2.24, 2.45) is 0 Å². The molecule has 0 radical (unpaired) electrons. The van der Waals surface area contributed by atoms with Gasteiger partial charge in [-0.1, -0.05) is 55.4 Å². The van der Waals surface area contributed by atoms with Crippen molar-refractivity contribution in [3.8, 4) is 0 Å². The Balaban J connectivity index is 0.000000135. The number of piperazine rings is 2. The third-order valence-corrected chi connectivity index (χ3v) is 23.5. The van der Waals surface area contributed by atoms with E-state index in [-0.39, 0.29) is 53.7 Å². The maximum absolute atomic E-state index is 12.5. The average Bonchev–Trinajstić information content (AvgIpc) is 1.64. The van der Waals surface area contributed by atoms with E-state index in [1.54, 1.807) is 31.7 Å². The number of benzene rings is 4. The lowest BCUT2D eigenvalue weighted by Gasteiger charge is -2.35. The number of likely N-dealkylation sites (N-methyl/N-ethyl adjacent to an activating group) is 1. The average molecular weight is 1580 g/mol. The molecule has 5 amide bonds. The van der Waals surface area contributed by atoms with Gasteiger partial charge in [-0.15, -0.1) is 0 Å². The molecule has 12 heterocycles. The Kier molecular flexibility index (Phi) is 27.9. The van der Waals surface area contributed by atoms with Gasteiger partial charge >= 0.3 is 0 Å². The maximum Gasteiger partial charge on any atom is 0.233 e. The van der Waals surface area contributed by atoms with Crippen molar-refractivity contribution < 1.29 is 28.7 Å². The summed E-state index contributed by atoms with van der Waals surface area (Å²) in [5.74, 6) is 5.69. The summed E-state index contributed by atoms with van der Waals surface area (Å²) in [5.41, 5.74) is 12.2. The van der Waals surface area contributed by atoms with E-state index >= 15 is 0 Å². The Morgan fingerprint density at radius 2 is 0.595 bits per heavy atom. The molecule has 0 saturated carbocycles. The summed E-state index contributed by atoms with van der Waals surface area (Å²) in [5, 5.41) is 13.1. The van der Waals surface area contributed by atoms with Gasteiger partial charge in [0.15, 0.2) is 0 Å². The minimum absolute atomic E-state index is 0.101. The van der Waals surface area contributed by atoms with Crippen LogP contribution < -0.4 is 60.5 Å². The number of piperidine rings is 1. The van der Waals surface area contributed by atoms with Crippen LogP contribution in [0.15, 0.2) is 122 Å². The zero-order valence-electron chi connectivity index (χ0n) is 69.4. The first-order valence-corrected chi connectivity index (χ1v) is 42.2. The molecule has 4 N–H and O–H groups in total. The summed E-state index contributed by atoms with van der Waals surface area (Å²) in [4.78, 5) is 119. The first-order valence-electron chi connectivity index (χ1n) is 42.2. The lowest BCUT2D eigenvalue weighted by molar-refractivity contribution is -0.129. The molecule has 8 aromatic rings. The van der Waals surface area contributed by atoms with Crippen LogP contribution in [-0.4, -0.2) is 202 Å². The molecule has 8 aliphatic heterocycles. The lowest BCUT2D eigenvalue weighted by Crippen LogP contribution is -2.48. The van der Waals surface area contributed by atoms with Crippen LogP contribution >= 0.6 is 0 Å². The second-order valence-corrected chi connectivity index (χ2v) is 30.9. The van der Waals surface area contributed by atoms with E-state index in [1.165, 1.54) is 36.3 Å². The monoisotopic (exact) mass is 1580 g/mol. The zero-order chi connectivity index (χ0) is 81.4. The molecule has 28 nitrogen and oxygen atoms in total. The van der Waals surface area contributed by atoms with Crippen molar-refractivity contribution in [3.05, 3.63) is 144 Å². The molecular formula is C88H116N22O6. The third-order valence-electron chi connectivity index (χ3n) is 23.5. The molecule has 116 heavy (non-hydrogen) atoms. The van der Waals surface area contributed by atoms with E-state index in [4.69, 9.17) is 4.74 Å². The Bertz CT molecular complexity index is 4490. The molecule has 0 unspecified atom stereocenters. The van der Waals surface area contributed by atoms with Crippen molar-refractivity contribution in [1.82, 2.24) is 49.7 Å². The topological polar surface area (TPSA) is 278 Å². The second kappa shape index (κ2) is 39.0. The number of nitrogens with zero attached hydrogens (tertiary/aromatic N) is 18. The number of carbonyl (C=O) groups is 5. The molecule has 4 fully saturated rings. The molecule has 4 aromatic heterocycles. The quantitative estimate of drug-likeness (QED) is 0.0437. The smallest absolute Gasteiger partial charge is 0.233 e. The fourth-order valence-corrected chi connectivity index (χ4v) is 16.6. The first kappa shape index (κ1) is 82.8. The predicted molar refractivity (Wildman–Crippen MR) is 463 cm³/mol. The maximum atomic E-state index is 12.5. The van der Waals surface area contributed by atoms with E-state index in [1.807, 2.05) is 48.8 Å². The number of morpholine rings is 1. The van der Waals surface area contributed by atoms with Crippen molar-refractivity contribution in [3.63, 3.8) is 0 Å². The number of hydrogen-bond donors (Lipinski definition) is 4. The molecule has 16 rings (SSSR count). The summed E-state index contributed by atoms with van der Waals surface area (Å²) < 4.78 is 5.41. The number of rotatable bonds is 24. The second-order valence-electron chi connectivity index (χ2n) is 30.9. The van der Waals surface area contributed by atoms with Gasteiger partial charge in [0.05, 0.1) is 38.9 Å². The van der Waals surface area contributed by atoms with Crippen LogP contribution in [0.1, 0.15) is 155 Å². The predicted octanol–water partition coefficient (Wildman–Crippen LogP) is 13.4. The SMILES string of the molecule is CCC(CC)N1C(=O)Cc2cnc(Nc3ccc(N4CCCCC4)cc3)nc21.CCC(CC)N1C(=O)Cc2cnc(Nc3ccc(N4CCN(C(C)=O)CC4)cc3)nc21.CCC(CC)N1C(=O)Cc2cnc(Nc3ccc(N4CCN(C)CC4)cc3)nc21.CCC(CC)N1C(=O)Cc2cnc(Nc3ccc(N4CCOCC4)cc3)nc21. The van der Waals surface area contributed by atoms with Crippen LogP contribution in [0, 0.1) is 0 Å². The highest BCUT2D eigenvalue weighted by atomic mass is 16.5. The molecular weight excluding hydrogens is 1460 g/mol. The van der Waals surface area contributed by atoms with Crippen molar-refractivity contribution in [1.29, 1.82) is 0 Å². The highest BCUT2D eigenvalue weighted by Gasteiger charge is 2.38. The van der Waals surface area contributed by atoms with Crippen LogP contribution in [0.3, 0.4) is 0 Å². The van der Waals surface area contributed by atoms with Gasteiger partial charge in [-0.25, -0.2) is 19.9 Å². The molecule has 8 aliphatic rings. The van der Waals surface area contributed by atoms with E-state index < -0.39 is 0 Å². The molecule has 0 spiro atoms. The molecule has 614 valence electrons. The normalized spacial score (nSPS) is 16.6. The Hall–Kier alpha value is -11.1. The largest absolute Gasteiger partial charge is 0.378 e. The van der Waals surface area contributed by atoms with Gasteiger partial charge < -0.3 is 55.4 Å². The number of aromatic nitrogens is 8. The minimum atomic E-state index is 0.101. The first-order chi connectivity index (χ1) is 56.5. The molecule has 4 aromatic carbocycles. The standard InChI is InChI=1S/C23H30N6O2.C22H30N6O.C22H29N5O.C21H27N5O2/c1-4-19(5-2)29-21(31)14-17-15-24-23(26-22(17)29)25-18-6-8-20(9-7-18)28-12-10-27(11-13-28)16(3)30;1-4-18(5-2)28-20(29)14-16-15-23-22(25-21(16)28)24-17-6-8-19(9-7-17)27-12-10-26(3)11-13-27;1-3-18(4-2)27-20(28)14-16-15-23-22(25-21(16)27)24-17-8-10-19(11-9-17)26-12-6-5-7-13-26;1-3-17(4-2)26-19(27)13-15-14-22-21(24-20(15)26)23-16-5-7-18(8-6-16)25-9-11-28-12-10-25/h6-9,15,19H,4-5,10-14H2,1-3H3,(H,24,25,26);6-9,15,18H,4-5,10-14H2,1-3H3,(H,23,24,25);8-11,15,18H,3-7,12-14H2,1-2H3,(H,23,24,25);5-8,14,17H,3-4,9-13H2,1-2H3,(H,22,23,24). The van der Waals surface area contributed by atoms with Gasteiger partial charge in [0.25, 0.3) is 0 Å². The number of hydrogen-bond acceptors (Lipinski definition) is 23. The van der Waals surface area contributed by atoms with E-state index in [2.05, 4.69) is 221 Å². The summed E-state index contributed by atoms with van der Waals surface area (Å²) in [6, 6.07) is 34.0. The summed E-state index contributed by atoms with van der Waals surface area (Å²) in [6.07, 6.45) is 19.8. The van der Waals surface area contributed by atoms with E-state index in [0.29, 0.717) is 49.5 Å². The van der Waals surface area contributed by atoms with Crippen LogP contribution in [0.25, 0.3) is 0 Å². The highest BCUT2D eigenvalue weighted by Crippen LogP contribution is 2.37. The van der Waals surface area contributed by atoms with Crippen molar-refractivity contribution in [2.75, 3.05) is 159 Å². The molecule has 0 bridgehead atoms. The van der Waals surface area contributed by atoms with Crippen LogP contribution in [0.2, 0.25) is 0 Å². The minimum Gasteiger partial charge on any atom is -0.378 e. The highest BCUT2D eigenvalue weighted by molar-refractivity contribution is 6.03. The zero-order valence-corrected chi connectivity index (χ0v) is 69.4. The van der Waals surface area contributed by atoms with Crippen LogP contribution in [0.4, 0.5) is 92.6 Å². The van der Waals surface area contributed by atoms with Crippen LogP contribution in [-0.2, 0) is 54.4 Å². The van der Waals surface area contributed by atoms with Gasteiger partial charge in [0.1, 0.15) is 23.3 Å². The fraction of sp³-hybridized carbons (Fsp3) is 0.489. The third kappa shape index (κ3) is 19.7. The number of amides is 5. The van der Waals surface area contributed by atoms with Crippen molar-refractivity contribution >= 4 is 122 Å². The Labute approximate surface area is 683 Å². The van der Waals surface area contributed by atoms with Gasteiger partial charge in [-0.2, -0.15) is 19.9 Å². The van der Waals surface area contributed by atoms with Gasteiger partial charge in [0, 0.05) is 202 Å². The van der Waals surface area contributed by atoms with Crippen LogP contribution in [0.5, 0.6) is 0 Å². The molecule has 28 heteroatoms. The van der Waals surface area contributed by atoms with E-state index in [9.17, 15) is 24.0 Å². The number of anilines is 16. The number of carbonyl (C=O) groups excluding carboxylic acids is 5. The number of nitrogens with one attached hydrogen (secondary N) is 4. The van der Waals surface area contributed by atoms with Gasteiger partial charge in [-0.3, -0.25) is 43.6 Å². The Morgan fingerprint density at radius 3 is 0.853 bits per heavy atom.